The Morgan fingerprint density at radius 2 is 1.72 bits per heavy atom. The molecule has 0 aliphatic carbocycles. The molecule has 7 heteroatoms. The second-order valence-corrected chi connectivity index (χ2v) is 4.22. The number of amidine groups is 1. The molecule has 0 heterocycles. The highest BCUT2D eigenvalue weighted by Gasteiger charge is 2.41. The topological polar surface area (TPSA) is 131 Å². The summed E-state index contributed by atoms with van der Waals surface area (Å²) in [5.41, 5.74) is 9.55. The van der Waals surface area contributed by atoms with Crippen LogP contribution in [0.3, 0.4) is 0 Å². The maximum absolute atomic E-state index is 12.2. The zero-order valence-electron chi connectivity index (χ0n) is 10.9. The Kier molecular flexibility index (Phi) is 6.77. The van der Waals surface area contributed by atoms with Crippen LogP contribution in [0.15, 0.2) is 5.16 Å². The number of nitrogens with one attached hydrogen (secondary N) is 1. The van der Waals surface area contributed by atoms with Crippen molar-refractivity contribution in [2.45, 2.75) is 39.5 Å². The summed E-state index contributed by atoms with van der Waals surface area (Å²) in [5.74, 6) is -1.20. The smallest absolute Gasteiger partial charge is 0.236 e. The summed E-state index contributed by atoms with van der Waals surface area (Å²) in [6, 6.07) is 0. The molecule has 0 aliphatic rings. The van der Waals surface area contributed by atoms with Crippen LogP contribution in [-0.4, -0.2) is 29.4 Å². The van der Waals surface area contributed by atoms with Crippen molar-refractivity contribution in [1.82, 2.24) is 5.32 Å². The molecule has 0 atom stereocenters. The Morgan fingerprint density at radius 3 is 2.06 bits per heavy atom. The van der Waals surface area contributed by atoms with Crippen molar-refractivity contribution >= 4 is 17.6 Å². The van der Waals surface area contributed by atoms with E-state index in [-0.39, 0.29) is 12.4 Å². The van der Waals surface area contributed by atoms with Crippen molar-refractivity contribution < 1.29 is 14.8 Å². The van der Waals surface area contributed by atoms with E-state index >= 15 is 0 Å². The number of amides is 2. The van der Waals surface area contributed by atoms with Crippen LogP contribution in [0.4, 0.5) is 0 Å². The van der Waals surface area contributed by atoms with Gasteiger partial charge in [0.2, 0.25) is 11.8 Å². The van der Waals surface area contributed by atoms with Gasteiger partial charge in [0.1, 0.15) is 5.41 Å². The average molecular weight is 258 g/mol. The molecule has 0 saturated heterocycles. The molecule has 0 spiro atoms. The van der Waals surface area contributed by atoms with Gasteiger partial charge in [-0.1, -0.05) is 31.8 Å². The van der Waals surface area contributed by atoms with Gasteiger partial charge in [0.15, 0.2) is 5.84 Å². The van der Waals surface area contributed by atoms with Crippen LogP contribution in [0.25, 0.3) is 0 Å². The third kappa shape index (κ3) is 3.90. The van der Waals surface area contributed by atoms with Crippen LogP contribution in [0.2, 0.25) is 0 Å². The zero-order valence-corrected chi connectivity index (χ0v) is 10.9. The van der Waals surface area contributed by atoms with Crippen LogP contribution in [0.1, 0.15) is 39.5 Å². The van der Waals surface area contributed by atoms with Crippen molar-refractivity contribution in [2.75, 3.05) is 6.54 Å². The van der Waals surface area contributed by atoms with Crippen molar-refractivity contribution in [2.24, 2.45) is 22.0 Å². The summed E-state index contributed by atoms with van der Waals surface area (Å²) < 4.78 is 0. The fraction of sp³-hybridized carbons (Fsp3) is 0.727. The molecule has 0 unspecified atom stereocenters. The van der Waals surface area contributed by atoms with E-state index in [0.29, 0.717) is 25.7 Å². The first-order chi connectivity index (χ1) is 8.44. The lowest BCUT2D eigenvalue weighted by atomic mass is 9.77. The molecule has 0 aromatic rings. The molecule has 0 aromatic carbocycles. The number of oxime groups is 1. The Bertz CT molecular complexity index is 322. The molecule has 7 nitrogen and oxygen atoms in total. The molecular formula is C11H22N4O3. The molecule has 0 bridgehead atoms. The number of carbonyl (C=O) groups excluding carboxylic acids is 2. The number of rotatable bonds is 8. The summed E-state index contributed by atoms with van der Waals surface area (Å²) in [6.45, 7) is 3.54. The van der Waals surface area contributed by atoms with Crippen LogP contribution in [-0.2, 0) is 9.59 Å². The Morgan fingerprint density at radius 1 is 1.22 bits per heavy atom. The lowest BCUT2D eigenvalue weighted by molar-refractivity contribution is -0.130. The minimum absolute atomic E-state index is 0.131. The minimum Gasteiger partial charge on any atom is -0.409 e. The molecule has 6 N–H and O–H groups in total. The standard InChI is InChI=1S/C11H22N4O3/c1-3-5-11(6-4-2,9(13)15-18)10(17)14-7-8(12)16/h18H,3-7H2,1-2H3,(H2,12,16)(H2,13,15)(H,14,17). The lowest BCUT2D eigenvalue weighted by Crippen LogP contribution is -2.51. The van der Waals surface area contributed by atoms with Gasteiger partial charge in [-0.15, -0.1) is 0 Å². The number of hydrogen-bond acceptors (Lipinski definition) is 4. The molecule has 0 aromatic heterocycles. The second kappa shape index (κ2) is 7.52. The van der Waals surface area contributed by atoms with Gasteiger partial charge in [0, 0.05) is 0 Å². The van der Waals surface area contributed by atoms with E-state index in [2.05, 4.69) is 10.5 Å². The van der Waals surface area contributed by atoms with Gasteiger partial charge in [-0.05, 0) is 12.8 Å². The first-order valence-electron chi connectivity index (χ1n) is 5.99. The third-order valence-electron chi connectivity index (χ3n) is 2.81. The van der Waals surface area contributed by atoms with Gasteiger partial charge in [-0.25, -0.2) is 0 Å². The third-order valence-corrected chi connectivity index (χ3v) is 2.81. The number of hydrogen-bond donors (Lipinski definition) is 4. The summed E-state index contributed by atoms with van der Waals surface area (Å²) in [7, 11) is 0. The van der Waals surface area contributed by atoms with Crippen LogP contribution < -0.4 is 16.8 Å². The normalized spacial score (nSPS) is 12.2. The molecule has 2 amide bonds. The SMILES string of the molecule is CCCC(CCC)(C(=O)NCC(N)=O)C(N)=NO. The Balaban J connectivity index is 5.14. The van der Waals surface area contributed by atoms with E-state index in [0.717, 1.165) is 0 Å². The number of nitrogens with two attached hydrogens (primary N) is 2. The minimum atomic E-state index is -1.08. The second-order valence-electron chi connectivity index (χ2n) is 4.22. The zero-order chi connectivity index (χ0) is 14.2. The summed E-state index contributed by atoms with van der Waals surface area (Å²) >= 11 is 0. The molecule has 0 saturated carbocycles. The van der Waals surface area contributed by atoms with Crippen molar-refractivity contribution in [3.05, 3.63) is 0 Å². The molecule has 0 radical (unpaired) electrons. The van der Waals surface area contributed by atoms with Crippen molar-refractivity contribution in [1.29, 1.82) is 0 Å². The first-order valence-corrected chi connectivity index (χ1v) is 5.99. The largest absolute Gasteiger partial charge is 0.409 e. The Labute approximate surface area is 107 Å². The van der Waals surface area contributed by atoms with E-state index in [1.165, 1.54) is 0 Å². The Hall–Kier alpha value is -1.79. The molecule has 0 rings (SSSR count). The summed E-state index contributed by atoms with van der Waals surface area (Å²) in [5, 5.41) is 14.2. The average Bonchev–Trinajstić information content (AvgIpc) is 2.34. The number of primary amides is 1. The predicted molar refractivity (Wildman–Crippen MR) is 67.9 cm³/mol. The van der Waals surface area contributed by atoms with Gasteiger partial charge in [0.25, 0.3) is 0 Å². The number of nitrogens with zero attached hydrogens (tertiary/aromatic N) is 1. The van der Waals surface area contributed by atoms with Crippen molar-refractivity contribution in [3.63, 3.8) is 0 Å². The highest BCUT2D eigenvalue weighted by molar-refractivity contribution is 6.07. The quantitative estimate of drug-likeness (QED) is 0.210. The first kappa shape index (κ1) is 16.2. The van der Waals surface area contributed by atoms with Gasteiger partial charge in [-0.3, -0.25) is 9.59 Å². The van der Waals surface area contributed by atoms with E-state index in [4.69, 9.17) is 16.7 Å². The molecule has 0 aliphatic heterocycles. The lowest BCUT2D eigenvalue weighted by Gasteiger charge is -2.30. The van der Waals surface area contributed by atoms with Crippen LogP contribution >= 0.6 is 0 Å². The summed E-state index contributed by atoms with van der Waals surface area (Å²) in [4.78, 5) is 22.8. The fourth-order valence-electron chi connectivity index (χ4n) is 2.01. The van der Waals surface area contributed by atoms with Gasteiger partial charge >= 0.3 is 0 Å². The maximum Gasteiger partial charge on any atom is 0.236 e. The molecule has 18 heavy (non-hydrogen) atoms. The summed E-state index contributed by atoms with van der Waals surface area (Å²) in [6.07, 6.45) is 2.28. The van der Waals surface area contributed by atoms with E-state index < -0.39 is 17.2 Å². The van der Waals surface area contributed by atoms with Gasteiger partial charge in [-0.2, -0.15) is 0 Å². The van der Waals surface area contributed by atoms with Gasteiger partial charge in [0.05, 0.1) is 6.54 Å². The fourth-order valence-corrected chi connectivity index (χ4v) is 2.01. The van der Waals surface area contributed by atoms with E-state index in [1.807, 2.05) is 13.8 Å². The highest BCUT2D eigenvalue weighted by Crippen LogP contribution is 2.30. The molecule has 104 valence electrons. The van der Waals surface area contributed by atoms with Crippen molar-refractivity contribution in [3.8, 4) is 0 Å². The molecular weight excluding hydrogens is 236 g/mol. The van der Waals surface area contributed by atoms with Crippen LogP contribution in [0, 0.1) is 5.41 Å². The van der Waals surface area contributed by atoms with E-state index in [1.54, 1.807) is 0 Å². The van der Waals surface area contributed by atoms with E-state index in [9.17, 15) is 9.59 Å². The van der Waals surface area contributed by atoms with Crippen LogP contribution in [0.5, 0.6) is 0 Å². The maximum atomic E-state index is 12.2. The molecule has 0 fully saturated rings. The highest BCUT2D eigenvalue weighted by atomic mass is 16.4. The predicted octanol–water partition coefficient (Wildman–Crippen LogP) is -0.0791. The monoisotopic (exact) mass is 258 g/mol. The van der Waals surface area contributed by atoms with Gasteiger partial charge < -0.3 is 22.0 Å². The number of carbonyl (C=O) groups is 2.